The van der Waals surface area contributed by atoms with E-state index >= 15 is 0 Å². The molecule has 0 saturated carbocycles. The first-order valence-corrected chi connectivity index (χ1v) is 6.69. The van der Waals surface area contributed by atoms with Crippen molar-refractivity contribution in [3.05, 3.63) is 28.8 Å². The van der Waals surface area contributed by atoms with Gasteiger partial charge < -0.3 is 10.6 Å². The molecule has 0 spiro atoms. The third-order valence-corrected chi connectivity index (χ3v) is 3.64. The van der Waals surface area contributed by atoms with E-state index in [0.29, 0.717) is 0 Å². The second kappa shape index (κ2) is 5.54. The highest BCUT2D eigenvalue weighted by molar-refractivity contribution is 5.58. The Kier molecular flexibility index (Phi) is 4.06. The van der Waals surface area contributed by atoms with Crippen LogP contribution < -0.4 is 10.6 Å². The molecule has 0 radical (unpaired) electrons. The van der Waals surface area contributed by atoms with Gasteiger partial charge in [-0.3, -0.25) is 0 Å². The molecule has 1 heterocycles. The van der Waals surface area contributed by atoms with Crippen molar-refractivity contribution in [1.82, 2.24) is 5.32 Å². The predicted octanol–water partition coefficient (Wildman–Crippen LogP) is 3.02. The Bertz CT molecular complexity index is 356. The molecular formula is C15H24N2. The summed E-state index contributed by atoms with van der Waals surface area (Å²) in [6.45, 7) is 10.0. The van der Waals surface area contributed by atoms with Gasteiger partial charge in [0.15, 0.2) is 0 Å². The number of benzene rings is 1. The van der Waals surface area contributed by atoms with E-state index in [1.807, 2.05) is 0 Å². The Hall–Kier alpha value is -1.02. The molecular weight excluding hydrogens is 208 g/mol. The smallest absolute Gasteiger partial charge is 0.0399 e. The number of hydrogen-bond donors (Lipinski definition) is 2. The molecule has 1 unspecified atom stereocenters. The number of aryl methyl sites for hydroxylation is 3. The lowest BCUT2D eigenvalue weighted by molar-refractivity contribution is 0.393. The highest BCUT2D eigenvalue weighted by Crippen LogP contribution is 2.22. The first-order valence-electron chi connectivity index (χ1n) is 6.69. The van der Waals surface area contributed by atoms with Crippen LogP contribution in [0.3, 0.4) is 0 Å². The first-order chi connectivity index (χ1) is 8.16. The van der Waals surface area contributed by atoms with Crippen LogP contribution >= 0.6 is 0 Å². The molecule has 2 rings (SSSR count). The zero-order valence-electron chi connectivity index (χ0n) is 11.3. The molecule has 1 aromatic carbocycles. The van der Waals surface area contributed by atoms with E-state index < -0.39 is 0 Å². The van der Waals surface area contributed by atoms with Gasteiger partial charge in [0, 0.05) is 12.2 Å². The molecule has 2 nitrogen and oxygen atoms in total. The molecule has 94 valence electrons. The van der Waals surface area contributed by atoms with Crippen molar-refractivity contribution in [3.63, 3.8) is 0 Å². The predicted molar refractivity (Wildman–Crippen MR) is 74.7 cm³/mol. The van der Waals surface area contributed by atoms with Crippen molar-refractivity contribution >= 4 is 5.69 Å². The molecule has 2 heteroatoms. The van der Waals surface area contributed by atoms with E-state index in [1.165, 1.54) is 41.8 Å². The third-order valence-electron chi connectivity index (χ3n) is 3.64. The molecule has 0 aromatic heterocycles. The second-order valence-electron chi connectivity index (χ2n) is 5.37. The lowest BCUT2D eigenvalue weighted by Gasteiger charge is -2.24. The lowest BCUT2D eigenvalue weighted by Crippen LogP contribution is -2.33. The van der Waals surface area contributed by atoms with Crippen molar-refractivity contribution in [3.8, 4) is 0 Å². The highest BCUT2D eigenvalue weighted by Gasteiger charge is 2.13. The summed E-state index contributed by atoms with van der Waals surface area (Å²) in [5.74, 6) is 0.781. The molecule has 1 saturated heterocycles. The maximum absolute atomic E-state index is 3.64. The Labute approximate surface area is 105 Å². The van der Waals surface area contributed by atoms with E-state index in [2.05, 4.69) is 43.5 Å². The number of hydrogen-bond acceptors (Lipinski definition) is 2. The molecule has 1 atom stereocenters. The van der Waals surface area contributed by atoms with Crippen LogP contribution in [0.15, 0.2) is 12.1 Å². The van der Waals surface area contributed by atoms with E-state index in [0.717, 1.165) is 19.0 Å². The van der Waals surface area contributed by atoms with Gasteiger partial charge in [-0.2, -0.15) is 0 Å². The summed E-state index contributed by atoms with van der Waals surface area (Å²) < 4.78 is 0. The average Bonchev–Trinajstić information content (AvgIpc) is 2.29. The van der Waals surface area contributed by atoms with Crippen LogP contribution in [0.2, 0.25) is 0 Å². The molecule has 0 bridgehead atoms. The summed E-state index contributed by atoms with van der Waals surface area (Å²) >= 11 is 0. The van der Waals surface area contributed by atoms with Crippen LogP contribution in [0.4, 0.5) is 5.69 Å². The van der Waals surface area contributed by atoms with E-state index in [-0.39, 0.29) is 0 Å². The molecule has 0 aliphatic carbocycles. The maximum atomic E-state index is 3.64. The molecule has 0 amide bonds. The van der Waals surface area contributed by atoms with Crippen LogP contribution in [0.25, 0.3) is 0 Å². The third kappa shape index (κ3) is 3.22. The van der Waals surface area contributed by atoms with E-state index in [9.17, 15) is 0 Å². The van der Waals surface area contributed by atoms with Crippen LogP contribution in [-0.4, -0.2) is 19.6 Å². The van der Waals surface area contributed by atoms with Crippen LogP contribution in [0.1, 0.15) is 29.5 Å². The number of nitrogens with one attached hydrogen (secondary N) is 2. The summed E-state index contributed by atoms with van der Waals surface area (Å²) in [6.07, 6.45) is 2.67. The number of anilines is 1. The fourth-order valence-corrected chi connectivity index (χ4v) is 2.80. The number of rotatable bonds is 3. The van der Waals surface area contributed by atoms with Gasteiger partial charge in [-0.1, -0.05) is 17.7 Å². The summed E-state index contributed by atoms with van der Waals surface area (Å²) in [5, 5.41) is 7.11. The minimum absolute atomic E-state index is 0.781. The first kappa shape index (κ1) is 12.4. The zero-order chi connectivity index (χ0) is 12.3. The standard InChI is InChI=1S/C15H24N2/c1-11-7-12(2)15(13(3)8-11)17-10-14-5-4-6-16-9-14/h7-8,14,16-17H,4-6,9-10H2,1-3H3. The van der Waals surface area contributed by atoms with Crippen LogP contribution in [0.5, 0.6) is 0 Å². The van der Waals surface area contributed by atoms with Gasteiger partial charge in [-0.05, 0) is 63.7 Å². The van der Waals surface area contributed by atoms with Crippen LogP contribution in [0, 0.1) is 26.7 Å². The topological polar surface area (TPSA) is 24.1 Å². The van der Waals surface area contributed by atoms with Gasteiger partial charge in [-0.15, -0.1) is 0 Å². The molecule has 1 aromatic rings. The fourth-order valence-electron chi connectivity index (χ4n) is 2.80. The molecule has 1 fully saturated rings. The molecule has 1 aliphatic heterocycles. The minimum atomic E-state index is 0.781. The van der Waals surface area contributed by atoms with Gasteiger partial charge >= 0.3 is 0 Å². The number of piperidine rings is 1. The Balaban J connectivity index is 1.98. The molecule has 17 heavy (non-hydrogen) atoms. The van der Waals surface area contributed by atoms with Gasteiger partial charge in [0.25, 0.3) is 0 Å². The highest BCUT2D eigenvalue weighted by atomic mass is 14.9. The van der Waals surface area contributed by atoms with E-state index in [1.54, 1.807) is 0 Å². The Morgan fingerprint density at radius 1 is 1.24 bits per heavy atom. The Morgan fingerprint density at radius 2 is 1.94 bits per heavy atom. The summed E-state index contributed by atoms with van der Waals surface area (Å²) in [6, 6.07) is 4.52. The largest absolute Gasteiger partial charge is 0.384 e. The van der Waals surface area contributed by atoms with Crippen molar-refractivity contribution in [2.45, 2.75) is 33.6 Å². The minimum Gasteiger partial charge on any atom is -0.384 e. The second-order valence-corrected chi connectivity index (χ2v) is 5.37. The van der Waals surface area contributed by atoms with Gasteiger partial charge in [0.1, 0.15) is 0 Å². The average molecular weight is 232 g/mol. The van der Waals surface area contributed by atoms with Crippen molar-refractivity contribution in [2.24, 2.45) is 5.92 Å². The monoisotopic (exact) mass is 232 g/mol. The zero-order valence-corrected chi connectivity index (χ0v) is 11.3. The Morgan fingerprint density at radius 3 is 2.53 bits per heavy atom. The molecule has 1 aliphatic rings. The fraction of sp³-hybridized carbons (Fsp3) is 0.600. The van der Waals surface area contributed by atoms with Gasteiger partial charge in [-0.25, -0.2) is 0 Å². The van der Waals surface area contributed by atoms with Crippen molar-refractivity contribution in [2.75, 3.05) is 25.0 Å². The normalized spacial score (nSPS) is 20.3. The van der Waals surface area contributed by atoms with Crippen molar-refractivity contribution < 1.29 is 0 Å². The van der Waals surface area contributed by atoms with E-state index in [4.69, 9.17) is 0 Å². The summed E-state index contributed by atoms with van der Waals surface area (Å²) in [4.78, 5) is 0. The summed E-state index contributed by atoms with van der Waals surface area (Å²) in [7, 11) is 0. The quantitative estimate of drug-likeness (QED) is 0.837. The van der Waals surface area contributed by atoms with Crippen LogP contribution in [-0.2, 0) is 0 Å². The van der Waals surface area contributed by atoms with Crippen molar-refractivity contribution in [1.29, 1.82) is 0 Å². The van der Waals surface area contributed by atoms with Gasteiger partial charge in [0.2, 0.25) is 0 Å². The molecule has 2 N–H and O–H groups in total. The lowest BCUT2D eigenvalue weighted by atomic mass is 9.99. The van der Waals surface area contributed by atoms with Gasteiger partial charge in [0.05, 0.1) is 0 Å². The SMILES string of the molecule is Cc1cc(C)c(NCC2CCCNC2)c(C)c1. The summed E-state index contributed by atoms with van der Waals surface area (Å²) in [5.41, 5.74) is 5.42. The maximum Gasteiger partial charge on any atom is 0.0399 e.